The van der Waals surface area contributed by atoms with Crippen LogP contribution >= 0.6 is 0 Å². The summed E-state index contributed by atoms with van der Waals surface area (Å²) in [6.45, 7) is 13.8. The summed E-state index contributed by atoms with van der Waals surface area (Å²) < 4.78 is 37.4. The second kappa shape index (κ2) is 13.8. The highest BCUT2D eigenvalue weighted by atomic mass is 16.6. The Morgan fingerprint density at radius 1 is 0.854 bits per heavy atom. The molecular weight excluding hydrogens is 624 g/mol. The number of hydrogen-bond donors (Lipinski definition) is 1. The summed E-state index contributed by atoms with van der Waals surface area (Å²) in [5.41, 5.74) is -6.85. The Morgan fingerprint density at radius 2 is 1.44 bits per heavy atom. The molecule has 1 aromatic rings. The third-order valence-electron chi connectivity index (χ3n) is 10.7. The van der Waals surface area contributed by atoms with Crippen molar-refractivity contribution in [2.45, 2.75) is 129 Å². The van der Waals surface area contributed by atoms with Crippen LogP contribution in [0.25, 0.3) is 0 Å². The highest BCUT2D eigenvalue weighted by molar-refractivity contribution is 5.89. The first kappa shape index (κ1) is 37.3. The third-order valence-corrected chi connectivity index (χ3v) is 10.7. The molecular formula is C36H50O12. The molecule has 1 N–H and O–H groups in total. The SMILES string of the molecule is CCC(C)C(=O)OC1CC(C)(O)C23OC(C)(C)C(CC(OC(=O)c4ccccc4)C2(COC(C)=O)C1OC(=O)C(C)CC)C3OC(C)=O. The first-order valence-corrected chi connectivity index (χ1v) is 16.8. The minimum Gasteiger partial charge on any atom is -0.465 e. The Morgan fingerprint density at radius 3 is 1.98 bits per heavy atom. The van der Waals surface area contributed by atoms with E-state index in [9.17, 15) is 29.1 Å². The topological polar surface area (TPSA) is 161 Å². The molecule has 3 fully saturated rings. The van der Waals surface area contributed by atoms with Crippen LogP contribution in [0.2, 0.25) is 0 Å². The van der Waals surface area contributed by atoms with Crippen molar-refractivity contribution in [2.75, 3.05) is 6.61 Å². The summed E-state index contributed by atoms with van der Waals surface area (Å²) in [5.74, 6) is -5.16. The van der Waals surface area contributed by atoms with Crippen molar-refractivity contribution in [1.82, 2.24) is 0 Å². The zero-order chi connectivity index (χ0) is 35.8. The summed E-state index contributed by atoms with van der Waals surface area (Å²) in [4.78, 5) is 66.4. The van der Waals surface area contributed by atoms with Crippen LogP contribution in [0.4, 0.5) is 0 Å². The van der Waals surface area contributed by atoms with Gasteiger partial charge in [0.05, 0.1) is 28.6 Å². The van der Waals surface area contributed by atoms with E-state index in [4.69, 9.17) is 28.4 Å². The molecule has 0 radical (unpaired) electrons. The number of carbonyl (C=O) groups is 5. The lowest BCUT2D eigenvalue weighted by Gasteiger charge is -2.65. The Balaban J connectivity index is 2.07. The molecule has 1 heterocycles. The predicted molar refractivity (Wildman–Crippen MR) is 170 cm³/mol. The molecule has 1 aromatic carbocycles. The Hall–Kier alpha value is -3.51. The zero-order valence-electron chi connectivity index (χ0n) is 29.4. The van der Waals surface area contributed by atoms with Crippen molar-refractivity contribution in [3.8, 4) is 0 Å². The average Bonchev–Trinajstić information content (AvgIpc) is 3.19. The molecule has 12 nitrogen and oxygen atoms in total. The van der Waals surface area contributed by atoms with Crippen molar-refractivity contribution < 1.29 is 57.5 Å². The molecule has 1 saturated heterocycles. The maximum atomic E-state index is 13.8. The van der Waals surface area contributed by atoms with Crippen molar-refractivity contribution in [3.63, 3.8) is 0 Å². The molecule has 266 valence electrons. The fourth-order valence-electron chi connectivity index (χ4n) is 7.83. The second-order valence-electron chi connectivity index (χ2n) is 14.3. The van der Waals surface area contributed by atoms with Gasteiger partial charge in [-0.2, -0.15) is 0 Å². The summed E-state index contributed by atoms with van der Waals surface area (Å²) in [6, 6.07) is 8.24. The monoisotopic (exact) mass is 674 g/mol. The first-order valence-electron chi connectivity index (χ1n) is 16.8. The number of benzene rings is 1. The number of hydrogen-bond acceptors (Lipinski definition) is 12. The van der Waals surface area contributed by atoms with Gasteiger partial charge in [-0.25, -0.2) is 4.79 Å². The second-order valence-corrected chi connectivity index (χ2v) is 14.3. The quantitative estimate of drug-likeness (QED) is 0.262. The molecule has 1 spiro atoms. The Labute approximate surface area is 282 Å². The lowest BCUT2D eigenvalue weighted by atomic mass is 9.46. The van der Waals surface area contributed by atoms with E-state index in [1.54, 1.807) is 58.0 Å². The number of carbonyl (C=O) groups excluding carboxylic acids is 5. The minimum atomic E-state index is -2.01. The lowest BCUT2D eigenvalue weighted by molar-refractivity contribution is -0.356. The smallest absolute Gasteiger partial charge is 0.338 e. The molecule has 10 atom stereocenters. The van der Waals surface area contributed by atoms with Gasteiger partial charge in [-0.15, -0.1) is 0 Å². The fourth-order valence-corrected chi connectivity index (χ4v) is 7.83. The third kappa shape index (κ3) is 6.33. The summed E-state index contributed by atoms with van der Waals surface area (Å²) in [7, 11) is 0. The fraction of sp³-hybridized carbons (Fsp3) is 0.694. The van der Waals surface area contributed by atoms with Gasteiger partial charge in [-0.3, -0.25) is 19.2 Å². The number of ether oxygens (including phenoxy) is 6. The molecule has 48 heavy (non-hydrogen) atoms. The van der Waals surface area contributed by atoms with Crippen LogP contribution < -0.4 is 0 Å². The van der Waals surface area contributed by atoms with E-state index < -0.39 is 101 Å². The molecule has 1 aliphatic heterocycles. The van der Waals surface area contributed by atoms with Gasteiger partial charge in [-0.05, 0) is 52.2 Å². The van der Waals surface area contributed by atoms with Gasteiger partial charge in [0, 0.05) is 26.2 Å². The lowest BCUT2D eigenvalue weighted by Crippen LogP contribution is -2.83. The van der Waals surface area contributed by atoms with Crippen LogP contribution in [0.1, 0.15) is 98.4 Å². The molecule has 0 aromatic heterocycles. The van der Waals surface area contributed by atoms with E-state index in [0.717, 1.165) is 0 Å². The van der Waals surface area contributed by atoms with Gasteiger partial charge in [-0.1, -0.05) is 45.9 Å². The first-order chi connectivity index (χ1) is 22.4. The average molecular weight is 675 g/mol. The van der Waals surface area contributed by atoms with Crippen molar-refractivity contribution in [3.05, 3.63) is 35.9 Å². The largest absolute Gasteiger partial charge is 0.465 e. The standard InChI is InChI=1S/C36H50O12/c1-10-20(3)30(39)45-26-18-34(9,42)36-28(44-23(6)38)25(33(7,8)48-36)17-27(46-32(41)24-15-13-12-14-16-24)35(36,19-43-22(5)37)29(26)47-31(40)21(4)11-2/h12-16,20-21,25-29,42H,10-11,17-19H2,1-9H3. The van der Waals surface area contributed by atoms with E-state index in [-0.39, 0.29) is 18.4 Å². The Kier molecular flexibility index (Phi) is 10.7. The van der Waals surface area contributed by atoms with Gasteiger partial charge >= 0.3 is 29.8 Å². The highest BCUT2D eigenvalue weighted by Crippen LogP contribution is 2.69. The molecule has 2 saturated carbocycles. The number of rotatable bonds is 11. The Bertz CT molecular complexity index is 1390. The van der Waals surface area contributed by atoms with Crippen LogP contribution in [-0.4, -0.2) is 82.8 Å². The molecule has 2 aliphatic carbocycles. The summed E-state index contributed by atoms with van der Waals surface area (Å²) in [6.07, 6.45) is -4.71. The van der Waals surface area contributed by atoms with E-state index in [1.807, 2.05) is 13.8 Å². The van der Waals surface area contributed by atoms with Gasteiger partial charge in [0.15, 0.2) is 11.7 Å². The van der Waals surface area contributed by atoms with Crippen LogP contribution in [0.15, 0.2) is 30.3 Å². The zero-order valence-corrected chi connectivity index (χ0v) is 29.4. The van der Waals surface area contributed by atoms with Crippen LogP contribution in [0, 0.1) is 23.2 Å². The van der Waals surface area contributed by atoms with Gasteiger partial charge in [0.1, 0.15) is 30.3 Å². The van der Waals surface area contributed by atoms with Crippen molar-refractivity contribution in [2.24, 2.45) is 23.2 Å². The maximum absolute atomic E-state index is 13.8. The van der Waals surface area contributed by atoms with Crippen molar-refractivity contribution >= 4 is 29.8 Å². The number of aliphatic hydroxyl groups is 1. The molecule has 4 rings (SSSR count). The molecule has 3 aliphatic rings. The van der Waals surface area contributed by atoms with Crippen LogP contribution in [-0.2, 0) is 47.6 Å². The predicted octanol–water partition coefficient (Wildman–Crippen LogP) is 4.33. The summed E-state index contributed by atoms with van der Waals surface area (Å²) in [5, 5.41) is 12.7. The number of fused-ring (bicyclic) bond motifs is 1. The van der Waals surface area contributed by atoms with Crippen LogP contribution in [0.3, 0.4) is 0 Å². The maximum Gasteiger partial charge on any atom is 0.338 e. The normalized spacial score (nSPS) is 34.5. The molecule has 12 heteroatoms. The number of esters is 5. The molecule has 10 unspecified atom stereocenters. The summed E-state index contributed by atoms with van der Waals surface area (Å²) >= 11 is 0. The van der Waals surface area contributed by atoms with Gasteiger partial charge in [0.25, 0.3) is 0 Å². The van der Waals surface area contributed by atoms with Gasteiger partial charge in [0.2, 0.25) is 0 Å². The van der Waals surface area contributed by atoms with E-state index in [0.29, 0.717) is 12.8 Å². The van der Waals surface area contributed by atoms with Gasteiger partial charge < -0.3 is 33.5 Å². The van der Waals surface area contributed by atoms with E-state index in [1.165, 1.54) is 20.8 Å². The van der Waals surface area contributed by atoms with Crippen molar-refractivity contribution in [1.29, 1.82) is 0 Å². The highest BCUT2D eigenvalue weighted by Gasteiger charge is 2.86. The molecule has 2 bridgehead atoms. The van der Waals surface area contributed by atoms with E-state index in [2.05, 4.69) is 0 Å². The minimum absolute atomic E-state index is 0.00791. The molecule has 0 amide bonds. The van der Waals surface area contributed by atoms with Crippen LogP contribution in [0.5, 0.6) is 0 Å². The van der Waals surface area contributed by atoms with E-state index >= 15 is 0 Å².